The van der Waals surface area contributed by atoms with Gasteiger partial charge < -0.3 is 23.7 Å². The summed E-state index contributed by atoms with van der Waals surface area (Å²) in [5.74, 6) is 0. The first-order valence-corrected chi connectivity index (χ1v) is 0.447. The van der Waals surface area contributed by atoms with Crippen molar-refractivity contribution in [2.45, 2.75) is 0 Å². The van der Waals surface area contributed by atoms with E-state index in [0.29, 0.717) is 0 Å². The summed E-state index contributed by atoms with van der Waals surface area (Å²) in [6.45, 7) is 9.50. The topological polar surface area (TPSA) is 47.6 Å². The number of rotatable bonds is 0. The molecule has 0 aliphatic heterocycles. The molecule has 0 aromatic carbocycles. The van der Waals surface area contributed by atoms with E-state index in [1.807, 2.05) is 0 Å². The first kappa shape index (κ1) is 48.3. The Labute approximate surface area is 77.0 Å². The minimum atomic E-state index is 0. The molecule has 0 aromatic heterocycles. The van der Waals surface area contributed by atoms with E-state index in [2.05, 4.69) is 0 Å². The molecule has 0 spiro atoms. The predicted octanol–water partition coefficient (Wildman–Crippen LogP) is 0.185. The molecule has 36 valence electrons. The van der Waals surface area contributed by atoms with E-state index in [-0.39, 0.29) is 53.6 Å². The Morgan fingerprint density at radius 3 is 0.857 bits per heavy atom. The number of hydrogen-bond donors (Lipinski definition) is 0. The van der Waals surface area contributed by atoms with Gasteiger partial charge in [0.25, 0.3) is 0 Å². The molecule has 0 bridgehead atoms. The van der Waals surface area contributed by atoms with Crippen LogP contribution in [-0.2, 0) is 53.6 Å². The van der Waals surface area contributed by atoms with Crippen LogP contribution >= 0.6 is 0 Å². The Morgan fingerprint density at radius 1 is 0.857 bits per heavy atom. The minimum absolute atomic E-state index is 0. The van der Waals surface area contributed by atoms with Gasteiger partial charge in [-0.25, -0.2) is 0 Å². The maximum atomic E-state index is 6.25. The Bertz CT molecular complexity index is 29.2. The number of hydrogen-bond acceptors (Lipinski definition) is 2. The zero-order valence-corrected chi connectivity index (χ0v) is 8.48. The second-order valence-electron chi connectivity index (χ2n) is 0. The third kappa shape index (κ3) is 347. The SMILES string of the molecule is [C-]#N.[C-]#N.[Fe+2].[Fe].[Zn]. The van der Waals surface area contributed by atoms with E-state index < -0.39 is 0 Å². The van der Waals surface area contributed by atoms with E-state index >= 15 is 0 Å². The summed E-state index contributed by atoms with van der Waals surface area (Å²) in [4.78, 5) is 0. The van der Waals surface area contributed by atoms with Gasteiger partial charge in [0.05, 0.1) is 0 Å². The van der Waals surface area contributed by atoms with Crippen LogP contribution in [0.5, 0.6) is 0 Å². The molecule has 0 radical (unpaired) electrons. The summed E-state index contributed by atoms with van der Waals surface area (Å²) in [5, 5.41) is 12.5. The quantitative estimate of drug-likeness (QED) is 0.439. The molecule has 0 saturated carbocycles. The summed E-state index contributed by atoms with van der Waals surface area (Å²) < 4.78 is 0. The van der Waals surface area contributed by atoms with Gasteiger partial charge in [0, 0.05) is 36.5 Å². The van der Waals surface area contributed by atoms with Gasteiger partial charge in [0.1, 0.15) is 0 Å². The largest absolute Gasteiger partial charge is 2.00 e. The van der Waals surface area contributed by atoms with Crippen LogP contribution < -0.4 is 0 Å². The Kier molecular flexibility index (Phi) is 3540. The molecule has 0 N–H and O–H groups in total. The molecular formula is C2Fe2N2Zn. The third-order valence-electron chi connectivity index (χ3n) is 0. The van der Waals surface area contributed by atoms with Crippen molar-refractivity contribution in [2.75, 3.05) is 0 Å². The van der Waals surface area contributed by atoms with Crippen LogP contribution in [0, 0.1) is 23.7 Å². The van der Waals surface area contributed by atoms with E-state index in [4.69, 9.17) is 23.7 Å². The molecule has 0 unspecified atom stereocenters. The molecule has 0 aliphatic carbocycles. The zero-order valence-electron chi connectivity index (χ0n) is 3.31. The van der Waals surface area contributed by atoms with Crippen molar-refractivity contribution in [1.29, 1.82) is 10.5 Å². The van der Waals surface area contributed by atoms with Crippen LogP contribution in [0.4, 0.5) is 0 Å². The summed E-state index contributed by atoms with van der Waals surface area (Å²) >= 11 is 0. The van der Waals surface area contributed by atoms with Crippen molar-refractivity contribution < 1.29 is 53.6 Å². The molecule has 5 heteroatoms. The Morgan fingerprint density at radius 2 is 0.857 bits per heavy atom. The van der Waals surface area contributed by atoms with Crippen LogP contribution in [0.2, 0.25) is 0 Å². The Balaban J connectivity index is -0.00000000267. The van der Waals surface area contributed by atoms with Crippen LogP contribution in [-0.4, -0.2) is 0 Å². The average Bonchev–Trinajstić information content (AvgIpc) is 1.50. The van der Waals surface area contributed by atoms with E-state index in [1.54, 1.807) is 0 Å². The molecule has 0 aromatic rings. The Hall–Kier alpha value is 0.642. The first-order chi connectivity index (χ1) is 2.00. The number of nitrogens with zero attached hydrogens (tertiary/aromatic N) is 2. The molecule has 0 saturated heterocycles. The van der Waals surface area contributed by atoms with Gasteiger partial charge in [-0.1, -0.05) is 0 Å². The van der Waals surface area contributed by atoms with Crippen LogP contribution in [0.25, 0.3) is 0 Å². The van der Waals surface area contributed by atoms with Crippen LogP contribution in [0.1, 0.15) is 0 Å². The van der Waals surface area contributed by atoms with Crippen molar-refractivity contribution in [1.82, 2.24) is 0 Å². The smallest absolute Gasteiger partial charge is 0.512 e. The molecular weight excluding hydrogens is 229 g/mol. The predicted molar refractivity (Wildman–Crippen MR) is 9.94 cm³/mol. The second-order valence-corrected chi connectivity index (χ2v) is 0. The van der Waals surface area contributed by atoms with Gasteiger partial charge in [-0.2, -0.15) is 0 Å². The third-order valence-corrected chi connectivity index (χ3v) is 0. The molecule has 0 amide bonds. The van der Waals surface area contributed by atoms with E-state index in [9.17, 15) is 0 Å². The molecule has 0 fully saturated rings. The van der Waals surface area contributed by atoms with Crippen molar-refractivity contribution in [3.63, 3.8) is 0 Å². The average molecular weight is 229 g/mol. The summed E-state index contributed by atoms with van der Waals surface area (Å²) in [5.41, 5.74) is 0. The van der Waals surface area contributed by atoms with Crippen LogP contribution in [0.15, 0.2) is 0 Å². The van der Waals surface area contributed by atoms with E-state index in [1.165, 1.54) is 0 Å². The minimum Gasteiger partial charge on any atom is -0.512 e. The van der Waals surface area contributed by atoms with Gasteiger partial charge >= 0.3 is 17.1 Å². The first-order valence-electron chi connectivity index (χ1n) is 0.447. The maximum absolute atomic E-state index is 6.25. The molecule has 0 aliphatic rings. The molecule has 0 atom stereocenters. The standard InChI is InChI=1S/2CN.2Fe.Zn/c2*1-2;;;/q2*-1;;+2;. The van der Waals surface area contributed by atoms with Gasteiger partial charge in [0.15, 0.2) is 0 Å². The molecule has 2 nitrogen and oxygen atoms in total. The second kappa shape index (κ2) is 513. The van der Waals surface area contributed by atoms with Crippen molar-refractivity contribution in [3.8, 4) is 0 Å². The van der Waals surface area contributed by atoms with E-state index in [0.717, 1.165) is 0 Å². The fourth-order valence-electron chi connectivity index (χ4n) is 0. The zero-order chi connectivity index (χ0) is 4.00. The normalized spacial score (nSPS) is 0.571. The van der Waals surface area contributed by atoms with Gasteiger partial charge in [-0.15, -0.1) is 0 Å². The molecule has 0 heterocycles. The monoisotopic (exact) mass is 228 g/mol. The van der Waals surface area contributed by atoms with Gasteiger partial charge in [-0.3, -0.25) is 0 Å². The van der Waals surface area contributed by atoms with Crippen LogP contribution in [0.3, 0.4) is 0 Å². The molecule has 7 heavy (non-hydrogen) atoms. The fourth-order valence-corrected chi connectivity index (χ4v) is 0. The van der Waals surface area contributed by atoms with Gasteiger partial charge in [0.2, 0.25) is 0 Å². The van der Waals surface area contributed by atoms with Gasteiger partial charge in [-0.05, 0) is 0 Å². The summed E-state index contributed by atoms with van der Waals surface area (Å²) in [6, 6.07) is 0. The fraction of sp³-hybridized carbons (Fsp3) is 0. The van der Waals surface area contributed by atoms with Crippen molar-refractivity contribution in [3.05, 3.63) is 13.1 Å². The summed E-state index contributed by atoms with van der Waals surface area (Å²) in [7, 11) is 0. The summed E-state index contributed by atoms with van der Waals surface area (Å²) in [6.07, 6.45) is 0. The molecule has 0 rings (SSSR count). The van der Waals surface area contributed by atoms with Crippen molar-refractivity contribution in [2.24, 2.45) is 0 Å². The van der Waals surface area contributed by atoms with Crippen molar-refractivity contribution >= 4 is 0 Å². The maximum Gasteiger partial charge on any atom is 2.00 e.